The highest BCUT2D eigenvalue weighted by Gasteiger charge is 2.17. The highest BCUT2D eigenvalue weighted by atomic mass is 32.2. The van der Waals surface area contributed by atoms with E-state index in [4.69, 9.17) is 5.73 Å². The Labute approximate surface area is 184 Å². The van der Waals surface area contributed by atoms with Gasteiger partial charge in [-0.3, -0.25) is 25.2 Å². The molecule has 0 saturated carbocycles. The first-order valence-corrected chi connectivity index (χ1v) is 10.9. The van der Waals surface area contributed by atoms with Crippen LogP contribution in [0.5, 0.6) is 0 Å². The summed E-state index contributed by atoms with van der Waals surface area (Å²) in [6.45, 7) is 2.00. The number of hydrogen-bond donors (Lipinski definition) is 5. The third-order valence-electron chi connectivity index (χ3n) is 4.75. The predicted octanol–water partition coefficient (Wildman–Crippen LogP) is 2.71. The van der Waals surface area contributed by atoms with Gasteiger partial charge in [0.2, 0.25) is 5.91 Å². The molecule has 0 aliphatic heterocycles. The van der Waals surface area contributed by atoms with Crippen molar-refractivity contribution in [1.29, 1.82) is 0 Å². The molecule has 0 aliphatic rings. The van der Waals surface area contributed by atoms with Gasteiger partial charge in [0.05, 0.1) is 11.8 Å². The number of benzene rings is 2. The van der Waals surface area contributed by atoms with Crippen molar-refractivity contribution in [2.75, 3.05) is 11.1 Å². The number of aromatic nitrogens is 1. The minimum absolute atomic E-state index is 0.0822. The summed E-state index contributed by atoms with van der Waals surface area (Å²) in [6, 6.07) is 14.4. The van der Waals surface area contributed by atoms with Crippen LogP contribution in [0.25, 0.3) is 10.9 Å². The van der Waals surface area contributed by atoms with Crippen LogP contribution in [0.1, 0.15) is 18.1 Å². The quantitative estimate of drug-likeness (QED) is 0.362. The number of aromatic amines is 1. The third kappa shape index (κ3) is 6.09. The number of hydrazine groups is 1. The van der Waals surface area contributed by atoms with Crippen molar-refractivity contribution in [2.45, 2.75) is 25.8 Å². The van der Waals surface area contributed by atoms with Crippen LogP contribution < -0.4 is 21.9 Å². The summed E-state index contributed by atoms with van der Waals surface area (Å²) in [5, 5.41) is 3.24. The van der Waals surface area contributed by atoms with Gasteiger partial charge >= 0.3 is 0 Å². The number of nitrogens with two attached hydrogens (primary N) is 1. The molecule has 1 aromatic heterocycles. The molecule has 0 saturated heterocycles. The number of fused-ring (bicyclic) bond motifs is 1. The van der Waals surface area contributed by atoms with Crippen LogP contribution in [0.15, 0.2) is 54.7 Å². The zero-order chi connectivity index (χ0) is 22.2. The average molecular weight is 440 g/mol. The number of H-pyrrole nitrogens is 1. The van der Waals surface area contributed by atoms with Crippen LogP contribution in [-0.2, 0) is 22.4 Å². The Hall–Kier alpha value is -3.30. The minimum Gasteiger partial charge on any atom is -0.361 e. The Morgan fingerprint density at radius 1 is 1.03 bits per heavy atom. The molecule has 3 aromatic rings. The second-order valence-corrected chi connectivity index (χ2v) is 7.87. The van der Waals surface area contributed by atoms with Gasteiger partial charge in [0.25, 0.3) is 11.1 Å². The van der Waals surface area contributed by atoms with Crippen LogP contribution in [0, 0.1) is 0 Å². The molecule has 3 amide bonds. The summed E-state index contributed by atoms with van der Waals surface area (Å²) in [5.41, 5.74) is 14.2. The Kier molecular flexibility index (Phi) is 7.69. The molecular weight excluding hydrogens is 414 g/mol. The van der Waals surface area contributed by atoms with E-state index in [0.29, 0.717) is 6.42 Å². The number of rotatable bonds is 7. The molecule has 1 atom stereocenters. The molecular formula is C22H25N5O3S. The summed E-state index contributed by atoms with van der Waals surface area (Å²) >= 11 is 0.756. The monoisotopic (exact) mass is 439 g/mol. The molecule has 1 heterocycles. The fraction of sp³-hybridized carbons (Fsp3) is 0.227. The number of hydrogen-bond acceptors (Lipinski definition) is 5. The van der Waals surface area contributed by atoms with E-state index in [9.17, 15) is 14.4 Å². The van der Waals surface area contributed by atoms with Gasteiger partial charge in [-0.1, -0.05) is 55.1 Å². The summed E-state index contributed by atoms with van der Waals surface area (Å²) in [5.74, 6) is -0.898. The SMILES string of the molecule is CCc1ccccc1NC(=O)CSC(=O)NNC(=O)[C@@H](N)Cc1c[nH]c2ccccc12. The van der Waals surface area contributed by atoms with E-state index in [-0.39, 0.29) is 11.7 Å². The van der Waals surface area contributed by atoms with Crippen LogP contribution >= 0.6 is 11.8 Å². The van der Waals surface area contributed by atoms with Crippen molar-refractivity contribution in [1.82, 2.24) is 15.8 Å². The molecule has 0 spiro atoms. The van der Waals surface area contributed by atoms with Gasteiger partial charge < -0.3 is 16.0 Å². The van der Waals surface area contributed by atoms with Crippen molar-refractivity contribution in [2.24, 2.45) is 5.73 Å². The van der Waals surface area contributed by atoms with Crippen LogP contribution in [0.3, 0.4) is 0 Å². The number of anilines is 1. The zero-order valence-corrected chi connectivity index (χ0v) is 17.9. The lowest BCUT2D eigenvalue weighted by atomic mass is 10.1. The summed E-state index contributed by atoms with van der Waals surface area (Å²) in [4.78, 5) is 39.4. The van der Waals surface area contributed by atoms with Crippen LogP contribution in [0.2, 0.25) is 0 Å². The Morgan fingerprint density at radius 2 is 1.77 bits per heavy atom. The predicted molar refractivity (Wildman–Crippen MR) is 124 cm³/mol. The summed E-state index contributed by atoms with van der Waals surface area (Å²) in [6.07, 6.45) is 2.93. The second-order valence-electron chi connectivity index (χ2n) is 6.92. The number of para-hydroxylation sites is 2. The van der Waals surface area contributed by atoms with Crippen molar-refractivity contribution < 1.29 is 14.4 Å². The maximum atomic E-state index is 12.2. The standard InChI is InChI=1S/C22H25N5O3S/c1-2-14-7-3-5-9-18(14)25-20(28)13-31-22(30)27-26-21(29)17(23)11-15-12-24-19-10-6-4-8-16(15)19/h3-10,12,17,24H,2,11,13,23H2,1H3,(H,25,28)(H,26,29)(H,27,30)/t17-/m0/s1. The summed E-state index contributed by atoms with van der Waals surface area (Å²) in [7, 11) is 0. The molecule has 8 nitrogen and oxygen atoms in total. The zero-order valence-electron chi connectivity index (χ0n) is 17.1. The number of carbonyl (C=O) groups is 3. The van der Waals surface area contributed by atoms with Gasteiger partial charge in [0.15, 0.2) is 0 Å². The molecule has 0 fully saturated rings. The molecule has 9 heteroatoms. The molecule has 0 unspecified atom stereocenters. The fourth-order valence-electron chi connectivity index (χ4n) is 3.14. The highest BCUT2D eigenvalue weighted by Crippen LogP contribution is 2.19. The maximum absolute atomic E-state index is 12.2. The van der Waals surface area contributed by atoms with E-state index in [1.807, 2.05) is 61.7 Å². The van der Waals surface area contributed by atoms with E-state index >= 15 is 0 Å². The number of aryl methyl sites for hydroxylation is 1. The first kappa shape index (κ1) is 22.4. The number of thioether (sulfide) groups is 1. The molecule has 0 bridgehead atoms. The number of amides is 3. The van der Waals surface area contributed by atoms with Gasteiger partial charge in [0, 0.05) is 22.8 Å². The van der Waals surface area contributed by atoms with E-state index in [1.54, 1.807) is 0 Å². The smallest absolute Gasteiger partial charge is 0.298 e. The lowest BCUT2D eigenvalue weighted by molar-refractivity contribution is -0.123. The van der Waals surface area contributed by atoms with Crippen LogP contribution in [-0.4, -0.2) is 33.8 Å². The molecule has 6 N–H and O–H groups in total. The first-order valence-electron chi connectivity index (χ1n) is 9.89. The molecule has 31 heavy (non-hydrogen) atoms. The Morgan fingerprint density at radius 3 is 2.58 bits per heavy atom. The Balaban J connectivity index is 1.41. The molecule has 162 valence electrons. The third-order valence-corrected chi connectivity index (χ3v) is 5.52. The maximum Gasteiger partial charge on any atom is 0.298 e. The highest BCUT2D eigenvalue weighted by molar-refractivity contribution is 8.14. The van der Waals surface area contributed by atoms with Gasteiger partial charge in [0.1, 0.15) is 0 Å². The lowest BCUT2D eigenvalue weighted by Crippen LogP contribution is -2.49. The molecule has 0 aliphatic carbocycles. The van der Waals surface area contributed by atoms with Crippen LogP contribution in [0.4, 0.5) is 10.5 Å². The van der Waals surface area contributed by atoms with Crippen molar-refractivity contribution in [3.63, 3.8) is 0 Å². The Bertz CT molecular complexity index is 1080. The largest absolute Gasteiger partial charge is 0.361 e. The lowest BCUT2D eigenvalue weighted by Gasteiger charge is -2.13. The first-order chi connectivity index (χ1) is 15.0. The van der Waals surface area contributed by atoms with E-state index in [0.717, 1.165) is 45.9 Å². The van der Waals surface area contributed by atoms with Gasteiger partial charge in [-0.2, -0.15) is 0 Å². The van der Waals surface area contributed by atoms with E-state index in [1.165, 1.54) is 0 Å². The molecule has 2 aromatic carbocycles. The van der Waals surface area contributed by atoms with E-state index < -0.39 is 17.2 Å². The number of nitrogens with one attached hydrogen (secondary N) is 4. The van der Waals surface area contributed by atoms with Gasteiger partial charge in [-0.25, -0.2) is 0 Å². The number of carbonyl (C=O) groups excluding carboxylic acids is 3. The van der Waals surface area contributed by atoms with Gasteiger partial charge in [-0.15, -0.1) is 0 Å². The summed E-state index contributed by atoms with van der Waals surface area (Å²) < 4.78 is 0. The molecule has 0 radical (unpaired) electrons. The van der Waals surface area contributed by atoms with Crippen molar-refractivity contribution in [3.05, 3.63) is 65.9 Å². The fourth-order valence-corrected chi connectivity index (χ4v) is 3.60. The average Bonchev–Trinajstić information content (AvgIpc) is 3.19. The second kappa shape index (κ2) is 10.6. The molecule has 3 rings (SSSR count). The van der Waals surface area contributed by atoms with Gasteiger partial charge in [-0.05, 0) is 36.1 Å². The van der Waals surface area contributed by atoms with E-state index in [2.05, 4.69) is 21.2 Å². The van der Waals surface area contributed by atoms with Crippen molar-refractivity contribution in [3.8, 4) is 0 Å². The topological polar surface area (TPSA) is 129 Å². The normalized spacial score (nSPS) is 11.7. The minimum atomic E-state index is -0.835. The van der Waals surface area contributed by atoms with Crippen molar-refractivity contribution >= 4 is 45.4 Å².